The summed E-state index contributed by atoms with van der Waals surface area (Å²) in [5.41, 5.74) is 1.59. The highest BCUT2D eigenvalue weighted by Gasteiger charge is 2.18. The van der Waals surface area contributed by atoms with Gasteiger partial charge >= 0.3 is 0 Å². The predicted molar refractivity (Wildman–Crippen MR) is 98.8 cm³/mol. The second-order valence-electron chi connectivity index (χ2n) is 6.38. The first-order valence-corrected chi connectivity index (χ1v) is 8.80. The SMILES string of the molecule is CC1CCN(C(=S)c2ccc(OCc3ccccc3F)cc2)CC1. The maximum absolute atomic E-state index is 13.6. The van der Waals surface area contributed by atoms with Crippen molar-refractivity contribution in [2.24, 2.45) is 5.92 Å². The van der Waals surface area contributed by atoms with Gasteiger partial charge in [-0.15, -0.1) is 0 Å². The molecule has 0 atom stereocenters. The van der Waals surface area contributed by atoms with Gasteiger partial charge in [0.25, 0.3) is 0 Å². The van der Waals surface area contributed by atoms with Crippen molar-refractivity contribution in [2.45, 2.75) is 26.4 Å². The topological polar surface area (TPSA) is 12.5 Å². The minimum absolute atomic E-state index is 0.223. The quantitative estimate of drug-likeness (QED) is 0.739. The minimum atomic E-state index is -0.241. The zero-order chi connectivity index (χ0) is 16.9. The van der Waals surface area contributed by atoms with Crippen LogP contribution in [0.2, 0.25) is 0 Å². The van der Waals surface area contributed by atoms with E-state index in [9.17, 15) is 4.39 Å². The summed E-state index contributed by atoms with van der Waals surface area (Å²) in [6, 6.07) is 14.4. The van der Waals surface area contributed by atoms with E-state index < -0.39 is 0 Å². The number of likely N-dealkylation sites (tertiary alicyclic amines) is 1. The molecule has 0 radical (unpaired) electrons. The van der Waals surface area contributed by atoms with Crippen molar-refractivity contribution in [2.75, 3.05) is 13.1 Å². The average Bonchev–Trinajstić information content (AvgIpc) is 2.62. The first kappa shape index (κ1) is 16.9. The van der Waals surface area contributed by atoms with Gasteiger partial charge < -0.3 is 9.64 Å². The van der Waals surface area contributed by atoms with E-state index in [0.717, 1.165) is 35.3 Å². The third kappa shape index (κ3) is 4.12. The third-order valence-corrected chi connectivity index (χ3v) is 5.02. The Labute approximate surface area is 148 Å². The standard InChI is InChI=1S/C20H22FNOS/c1-15-10-12-22(13-11-15)20(24)16-6-8-18(9-7-16)23-14-17-4-2-3-5-19(17)21/h2-9,15H,10-14H2,1H3. The summed E-state index contributed by atoms with van der Waals surface area (Å²) in [4.78, 5) is 3.19. The van der Waals surface area contributed by atoms with E-state index in [1.165, 1.54) is 18.9 Å². The van der Waals surface area contributed by atoms with E-state index in [0.29, 0.717) is 5.56 Å². The van der Waals surface area contributed by atoms with Crippen LogP contribution in [-0.2, 0) is 6.61 Å². The molecule has 1 fully saturated rings. The average molecular weight is 343 g/mol. The summed E-state index contributed by atoms with van der Waals surface area (Å²) in [5, 5.41) is 0. The summed E-state index contributed by atoms with van der Waals surface area (Å²) >= 11 is 5.62. The molecule has 1 saturated heterocycles. The van der Waals surface area contributed by atoms with Gasteiger partial charge in [-0.1, -0.05) is 37.3 Å². The zero-order valence-electron chi connectivity index (χ0n) is 13.9. The molecule has 0 N–H and O–H groups in total. The van der Waals surface area contributed by atoms with Crippen LogP contribution in [0.4, 0.5) is 4.39 Å². The molecule has 0 spiro atoms. The highest BCUT2D eigenvalue weighted by Crippen LogP contribution is 2.21. The van der Waals surface area contributed by atoms with Crippen LogP contribution in [-0.4, -0.2) is 23.0 Å². The summed E-state index contributed by atoms with van der Waals surface area (Å²) in [7, 11) is 0. The monoisotopic (exact) mass is 343 g/mol. The highest BCUT2D eigenvalue weighted by atomic mass is 32.1. The van der Waals surface area contributed by atoms with Crippen LogP contribution >= 0.6 is 12.2 Å². The lowest BCUT2D eigenvalue weighted by atomic mass is 9.99. The van der Waals surface area contributed by atoms with Crippen molar-refractivity contribution in [1.29, 1.82) is 0 Å². The fourth-order valence-corrected chi connectivity index (χ4v) is 3.18. The molecule has 2 aromatic carbocycles. The molecule has 24 heavy (non-hydrogen) atoms. The Kier molecular flexibility index (Phi) is 5.46. The lowest BCUT2D eigenvalue weighted by Crippen LogP contribution is -2.37. The van der Waals surface area contributed by atoms with Gasteiger partial charge in [0.1, 0.15) is 23.2 Å². The van der Waals surface area contributed by atoms with Gasteiger partial charge in [0, 0.05) is 24.2 Å². The zero-order valence-corrected chi connectivity index (χ0v) is 14.7. The molecule has 0 aliphatic carbocycles. The molecule has 0 aromatic heterocycles. The van der Waals surface area contributed by atoms with Crippen molar-refractivity contribution >= 4 is 17.2 Å². The summed E-state index contributed by atoms with van der Waals surface area (Å²) in [5.74, 6) is 1.27. The van der Waals surface area contributed by atoms with E-state index in [1.54, 1.807) is 12.1 Å². The van der Waals surface area contributed by atoms with E-state index in [1.807, 2.05) is 30.3 Å². The Balaban J connectivity index is 1.59. The molecule has 0 amide bonds. The van der Waals surface area contributed by atoms with Gasteiger partial charge in [-0.25, -0.2) is 4.39 Å². The van der Waals surface area contributed by atoms with Gasteiger partial charge in [0.05, 0.1) is 0 Å². The molecular formula is C20H22FNOS. The number of ether oxygens (including phenoxy) is 1. The predicted octanol–water partition coefficient (Wildman–Crippen LogP) is 4.81. The van der Waals surface area contributed by atoms with Crippen molar-refractivity contribution in [3.8, 4) is 5.75 Å². The van der Waals surface area contributed by atoms with E-state index in [-0.39, 0.29) is 12.4 Å². The van der Waals surface area contributed by atoms with Crippen molar-refractivity contribution in [3.05, 3.63) is 65.5 Å². The number of thiocarbonyl (C=S) groups is 1. The van der Waals surface area contributed by atoms with Crippen molar-refractivity contribution < 1.29 is 9.13 Å². The van der Waals surface area contributed by atoms with Gasteiger partial charge in [-0.3, -0.25) is 0 Å². The largest absolute Gasteiger partial charge is 0.489 e. The van der Waals surface area contributed by atoms with E-state index >= 15 is 0 Å². The second kappa shape index (κ2) is 7.75. The van der Waals surface area contributed by atoms with Gasteiger partial charge in [0.2, 0.25) is 0 Å². The molecule has 1 aliphatic heterocycles. The molecule has 1 aliphatic rings. The smallest absolute Gasteiger partial charge is 0.129 e. The Hall–Kier alpha value is -1.94. The fraction of sp³-hybridized carbons (Fsp3) is 0.350. The lowest BCUT2D eigenvalue weighted by Gasteiger charge is -2.32. The number of halogens is 1. The molecule has 0 unspecified atom stereocenters. The Morgan fingerprint density at radius 1 is 1.12 bits per heavy atom. The molecule has 0 bridgehead atoms. The van der Waals surface area contributed by atoms with Crippen LogP contribution < -0.4 is 4.74 Å². The molecule has 2 aromatic rings. The van der Waals surface area contributed by atoms with Crippen molar-refractivity contribution in [3.63, 3.8) is 0 Å². The maximum atomic E-state index is 13.6. The number of hydrogen-bond donors (Lipinski definition) is 0. The number of hydrogen-bond acceptors (Lipinski definition) is 2. The molecule has 126 valence electrons. The molecule has 4 heteroatoms. The first-order chi connectivity index (χ1) is 11.6. The van der Waals surface area contributed by atoms with Gasteiger partial charge in [-0.05, 0) is 49.1 Å². The summed E-state index contributed by atoms with van der Waals surface area (Å²) in [6.45, 7) is 4.58. The number of benzene rings is 2. The van der Waals surface area contributed by atoms with Crippen LogP contribution in [0, 0.1) is 11.7 Å². The maximum Gasteiger partial charge on any atom is 0.129 e. The van der Waals surface area contributed by atoms with Gasteiger partial charge in [-0.2, -0.15) is 0 Å². The second-order valence-corrected chi connectivity index (χ2v) is 6.77. The summed E-state index contributed by atoms with van der Waals surface area (Å²) in [6.07, 6.45) is 2.40. The fourth-order valence-electron chi connectivity index (χ4n) is 2.86. The lowest BCUT2D eigenvalue weighted by molar-refractivity contribution is 0.284. The molecule has 0 saturated carbocycles. The molecule has 3 rings (SSSR count). The number of nitrogens with zero attached hydrogens (tertiary/aromatic N) is 1. The number of piperidine rings is 1. The number of rotatable bonds is 4. The first-order valence-electron chi connectivity index (χ1n) is 8.39. The summed E-state index contributed by atoms with van der Waals surface area (Å²) < 4.78 is 19.3. The Morgan fingerprint density at radius 2 is 1.79 bits per heavy atom. The minimum Gasteiger partial charge on any atom is -0.489 e. The molecule has 2 nitrogen and oxygen atoms in total. The normalized spacial score (nSPS) is 15.3. The van der Waals surface area contributed by atoms with Crippen LogP contribution in [0.15, 0.2) is 48.5 Å². The van der Waals surface area contributed by atoms with Crippen LogP contribution in [0.1, 0.15) is 30.9 Å². The van der Waals surface area contributed by atoms with Crippen LogP contribution in [0.25, 0.3) is 0 Å². The highest BCUT2D eigenvalue weighted by molar-refractivity contribution is 7.80. The third-order valence-electron chi connectivity index (χ3n) is 4.52. The van der Waals surface area contributed by atoms with Gasteiger partial charge in [0.15, 0.2) is 0 Å². The Bertz CT molecular complexity index is 693. The molecule has 1 heterocycles. The van der Waals surface area contributed by atoms with E-state index in [2.05, 4.69) is 11.8 Å². The Morgan fingerprint density at radius 3 is 2.46 bits per heavy atom. The van der Waals surface area contributed by atoms with E-state index in [4.69, 9.17) is 17.0 Å². The van der Waals surface area contributed by atoms with Crippen molar-refractivity contribution in [1.82, 2.24) is 4.90 Å². The van der Waals surface area contributed by atoms with Crippen LogP contribution in [0.5, 0.6) is 5.75 Å². The molecular weight excluding hydrogens is 321 g/mol. The van der Waals surface area contributed by atoms with Crippen LogP contribution in [0.3, 0.4) is 0 Å².